The molecule has 5 heteroatoms. The first-order valence-electron chi connectivity index (χ1n) is 7.71. The number of aromatic nitrogens is 2. The maximum atomic E-state index is 13.1. The number of carbonyl (C=O) groups excluding carboxylic acids is 1. The van der Waals surface area contributed by atoms with Gasteiger partial charge in [-0.05, 0) is 43.2 Å². The average molecular weight is 301 g/mol. The van der Waals surface area contributed by atoms with Crippen LogP contribution in [0.2, 0.25) is 0 Å². The van der Waals surface area contributed by atoms with Crippen LogP contribution >= 0.6 is 0 Å². The van der Waals surface area contributed by atoms with Crippen molar-refractivity contribution in [2.24, 2.45) is 7.05 Å². The smallest absolute Gasteiger partial charge is 0.254 e. The van der Waals surface area contributed by atoms with E-state index in [1.165, 1.54) is 12.1 Å². The number of nitrogens with zero attached hydrogens (tertiary/aromatic N) is 3. The highest BCUT2D eigenvalue weighted by Crippen LogP contribution is 2.30. The van der Waals surface area contributed by atoms with Crippen LogP contribution in [0.3, 0.4) is 0 Å². The Balaban J connectivity index is 1.89. The summed E-state index contributed by atoms with van der Waals surface area (Å²) in [7, 11) is 1.88. The lowest BCUT2D eigenvalue weighted by molar-refractivity contribution is 0.0676. The first-order valence-corrected chi connectivity index (χ1v) is 7.71. The summed E-state index contributed by atoms with van der Waals surface area (Å²) in [5.74, 6) is -0.369. The predicted molar refractivity (Wildman–Crippen MR) is 81.9 cm³/mol. The van der Waals surface area contributed by atoms with Gasteiger partial charge in [0.25, 0.3) is 5.91 Å². The maximum absolute atomic E-state index is 13.1. The number of hydrogen-bond donors (Lipinski definition) is 0. The molecule has 1 fully saturated rings. The van der Waals surface area contributed by atoms with Gasteiger partial charge in [-0.1, -0.05) is 12.8 Å². The van der Waals surface area contributed by atoms with Gasteiger partial charge < -0.3 is 4.90 Å². The Bertz CT molecular complexity index is 650. The molecular weight excluding hydrogens is 281 g/mol. The predicted octanol–water partition coefficient (Wildman–Crippen LogP) is 3.32. The minimum absolute atomic E-state index is 0.00116. The van der Waals surface area contributed by atoms with E-state index in [0.29, 0.717) is 5.56 Å². The Morgan fingerprint density at radius 2 is 1.95 bits per heavy atom. The Kier molecular flexibility index (Phi) is 4.22. The number of rotatable bonds is 2. The normalized spacial score (nSPS) is 19.0. The van der Waals surface area contributed by atoms with E-state index >= 15 is 0 Å². The van der Waals surface area contributed by atoms with Gasteiger partial charge in [-0.2, -0.15) is 5.10 Å². The molecule has 0 bridgehead atoms. The molecule has 1 amide bonds. The molecule has 0 unspecified atom stereocenters. The summed E-state index contributed by atoms with van der Waals surface area (Å²) in [6.07, 6.45) is 6.03. The number of likely N-dealkylation sites (tertiary alicyclic amines) is 1. The standard InChI is InChI=1S/C17H20FN3O/c1-20-12-10-15(19-20)16-5-3-2-4-11-21(16)17(22)13-6-8-14(18)9-7-13/h6-10,12,16H,2-5,11H2,1H3/t16-/m0/s1. The third-order valence-corrected chi connectivity index (χ3v) is 4.18. The monoisotopic (exact) mass is 301 g/mol. The maximum Gasteiger partial charge on any atom is 0.254 e. The number of aryl methyl sites for hydroxylation is 1. The quantitative estimate of drug-likeness (QED) is 0.853. The van der Waals surface area contributed by atoms with Crippen LogP contribution in [0.4, 0.5) is 4.39 Å². The molecule has 22 heavy (non-hydrogen) atoms. The summed E-state index contributed by atoms with van der Waals surface area (Å²) in [4.78, 5) is 14.7. The number of amides is 1. The lowest BCUT2D eigenvalue weighted by Gasteiger charge is -2.29. The second kappa shape index (κ2) is 6.30. The Hall–Kier alpha value is -2.17. The molecule has 4 nitrogen and oxygen atoms in total. The van der Waals surface area contributed by atoms with Gasteiger partial charge in [-0.15, -0.1) is 0 Å². The lowest BCUT2D eigenvalue weighted by atomic mass is 10.1. The van der Waals surface area contributed by atoms with Crippen LogP contribution in [0.25, 0.3) is 0 Å². The van der Waals surface area contributed by atoms with Crippen molar-refractivity contribution in [1.29, 1.82) is 0 Å². The van der Waals surface area contributed by atoms with Gasteiger partial charge in [0.2, 0.25) is 0 Å². The average Bonchev–Trinajstić information content (AvgIpc) is 2.81. The Morgan fingerprint density at radius 1 is 1.18 bits per heavy atom. The van der Waals surface area contributed by atoms with Crippen LogP contribution in [0.1, 0.15) is 47.8 Å². The molecular formula is C17H20FN3O. The fourth-order valence-electron chi connectivity index (χ4n) is 3.03. The summed E-state index contributed by atoms with van der Waals surface area (Å²) in [6.45, 7) is 0.720. The van der Waals surface area contributed by atoms with E-state index < -0.39 is 0 Å². The molecule has 2 aromatic rings. The minimum atomic E-state index is -0.325. The molecule has 1 aromatic heterocycles. The second-order valence-corrected chi connectivity index (χ2v) is 5.78. The van der Waals surface area contributed by atoms with Crippen molar-refractivity contribution in [2.45, 2.75) is 31.7 Å². The number of halogens is 1. The van der Waals surface area contributed by atoms with E-state index in [-0.39, 0.29) is 17.8 Å². The molecule has 0 N–H and O–H groups in total. The number of benzene rings is 1. The van der Waals surface area contributed by atoms with Crippen LogP contribution in [0.5, 0.6) is 0 Å². The van der Waals surface area contributed by atoms with Crippen LogP contribution in [0, 0.1) is 5.82 Å². The summed E-state index contributed by atoms with van der Waals surface area (Å²) in [5.41, 5.74) is 1.46. The van der Waals surface area contributed by atoms with Crippen molar-refractivity contribution >= 4 is 5.91 Å². The highest BCUT2D eigenvalue weighted by atomic mass is 19.1. The van der Waals surface area contributed by atoms with E-state index in [1.807, 2.05) is 24.2 Å². The van der Waals surface area contributed by atoms with Gasteiger partial charge in [0.05, 0.1) is 11.7 Å². The van der Waals surface area contributed by atoms with Crippen molar-refractivity contribution in [3.63, 3.8) is 0 Å². The molecule has 1 aromatic carbocycles. The number of hydrogen-bond acceptors (Lipinski definition) is 2. The van der Waals surface area contributed by atoms with Crippen LogP contribution in [-0.4, -0.2) is 27.1 Å². The zero-order chi connectivity index (χ0) is 15.5. The topological polar surface area (TPSA) is 38.1 Å². The van der Waals surface area contributed by atoms with Crippen molar-refractivity contribution < 1.29 is 9.18 Å². The Labute approximate surface area is 129 Å². The van der Waals surface area contributed by atoms with E-state index in [4.69, 9.17) is 0 Å². The van der Waals surface area contributed by atoms with Gasteiger partial charge in [0.15, 0.2) is 0 Å². The summed E-state index contributed by atoms with van der Waals surface area (Å²) in [5, 5.41) is 4.48. The van der Waals surface area contributed by atoms with Crippen LogP contribution in [0.15, 0.2) is 36.5 Å². The molecule has 0 saturated carbocycles. The molecule has 1 aliphatic rings. The van der Waals surface area contributed by atoms with Crippen LogP contribution < -0.4 is 0 Å². The van der Waals surface area contributed by atoms with Crippen molar-refractivity contribution in [2.75, 3.05) is 6.54 Å². The van der Waals surface area contributed by atoms with E-state index in [2.05, 4.69) is 5.10 Å². The number of carbonyl (C=O) groups is 1. The molecule has 0 radical (unpaired) electrons. The second-order valence-electron chi connectivity index (χ2n) is 5.78. The van der Waals surface area contributed by atoms with Crippen molar-refractivity contribution in [1.82, 2.24) is 14.7 Å². The largest absolute Gasteiger partial charge is 0.330 e. The first kappa shape index (κ1) is 14.8. The highest BCUT2D eigenvalue weighted by molar-refractivity contribution is 5.94. The van der Waals surface area contributed by atoms with Crippen LogP contribution in [-0.2, 0) is 7.05 Å². The third kappa shape index (κ3) is 3.03. The first-order chi connectivity index (χ1) is 10.6. The van der Waals surface area contributed by atoms with E-state index in [0.717, 1.165) is 37.9 Å². The fraction of sp³-hybridized carbons (Fsp3) is 0.412. The Morgan fingerprint density at radius 3 is 2.64 bits per heavy atom. The van der Waals surface area contributed by atoms with Crippen molar-refractivity contribution in [3.05, 3.63) is 53.6 Å². The zero-order valence-corrected chi connectivity index (χ0v) is 12.7. The molecule has 3 rings (SSSR count). The zero-order valence-electron chi connectivity index (χ0n) is 12.7. The van der Waals surface area contributed by atoms with E-state index in [9.17, 15) is 9.18 Å². The third-order valence-electron chi connectivity index (χ3n) is 4.18. The van der Waals surface area contributed by atoms with Gasteiger partial charge in [-0.25, -0.2) is 4.39 Å². The van der Waals surface area contributed by atoms with Gasteiger partial charge in [-0.3, -0.25) is 9.48 Å². The summed E-state index contributed by atoms with van der Waals surface area (Å²) >= 11 is 0. The minimum Gasteiger partial charge on any atom is -0.330 e. The molecule has 2 heterocycles. The lowest BCUT2D eigenvalue weighted by Crippen LogP contribution is -2.35. The molecule has 1 aliphatic heterocycles. The molecule has 116 valence electrons. The highest BCUT2D eigenvalue weighted by Gasteiger charge is 2.28. The van der Waals surface area contributed by atoms with Crippen molar-refractivity contribution in [3.8, 4) is 0 Å². The molecule has 0 aliphatic carbocycles. The van der Waals surface area contributed by atoms with Gasteiger partial charge in [0, 0.05) is 25.4 Å². The molecule has 0 spiro atoms. The fourth-order valence-corrected chi connectivity index (χ4v) is 3.03. The van der Waals surface area contributed by atoms with E-state index in [1.54, 1.807) is 16.8 Å². The van der Waals surface area contributed by atoms with Gasteiger partial charge >= 0.3 is 0 Å². The summed E-state index contributed by atoms with van der Waals surface area (Å²) in [6, 6.07) is 7.75. The molecule has 1 atom stereocenters. The summed E-state index contributed by atoms with van der Waals surface area (Å²) < 4.78 is 14.8. The SMILES string of the molecule is Cn1ccc([C@@H]2CCCCCN2C(=O)c2ccc(F)cc2)n1. The molecule has 1 saturated heterocycles. The van der Waals surface area contributed by atoms with Gasteiger partial charge in [0.1, 0.15) is 5.82 Å².